The Kier molecular flexibility index (Phi) is 7.23. The number of allylic oxidation sites excluding steroid dienone is 1. The van der Waals surface area contributed by atoms with E-state index in [0.29, 0.717) is 16.7 Å². The van der Waals surface area contributed by atoms with Gasteiger partial charge < -0.3 is 20.7 Å². The summed E-state index contributed by atoms with van der Waals surface area (Å²) < 4.78 is 53.8. The highest BCUT2D eigenvalue weighted by Gasteiger charge is 2.30. The average molecular weight is 512 g/mol. The van der Waals surface area contributed by atoms with Gasteiger partial charge in [-0.1, -0.05) is 35.5 Å². The lowest BCUT2D eigenvalue weighted by Gasteiger charge is -2.06. The second-order valence-electron chi connectivity index (χ2n) is 8.03. The quantitative estimate of drug-likeness (QED) is 0.164. The zero-order chi connectivity index (χ0) is 26.6. The van der Waals surface area contributed by atoms with Gasteiger partial charge in [-0.25, -0.2) is 9.37 Å². The molecule has 0 aliphatic rings. The van der Waals surface area contributed by atoms with Crippen LogP contribution in [0.25, 0.3) is 28.0 Å². The number of oxime groups is 1. The van der Waals surface area contributed by atoms with Crippen LogP contribution in [0.5, 0.6) is 0 Å². The van der Waals surface area contributed by atoms with Crippen LogP contribution in [-0.4, -0.2) is 27.3 Å². The number of nitrogens with zero attached hydrogens (tertiary/aromatic N) is 2. The zero-order valence-corrected chi connectivity index (χ0v) is 19.1. The van der Waals surface area contributed by atoms with Crippen LogP contribution in [0.4, 0.5) is 17.6 Å². The van der Waals surface area contributed by atoms with Gasteiger partial charge in [-0.2, -0.15) is 13.2 Å². The van der Waals surface area contributed by atoms with Gasteiger partial charge in [0, 0.05) is 11.8 Å². The number of aromatic amines is 1. The molecular weight excluding hydrogens is 492 g/mol. The van der Waals surface area contributed by atoms with Crippen molar-refractivity contribution in [2.45, 2.75) is 19.2 Å². The molecule has 3 aromatic carbocycles. The largest absolute Gasteiger partial charge is 0.481 e. The van der Waals surface area contributed by atoms with Crippen molar-refractivity contribution in [1.29, 1.82) is 0 Å². The molecular formula is C26H20F4N4O3. The van der Waals surface area contributed by atoms with Crippen LogP contribution in [0.1, 0.15) is 22.3 Å². The molecule has 190 valence electrons. The van der Waals surface area contributed by atoms with Gasteiger partial charge in [-0.3, -0.25) is 4.79 Å². The predicted octanol–water partition coefficient (Wildman–Crippen LogP) is 5.52. The Morgan fingerprint density at radius 2 is 1.81 bits per heavy atom. The van der Waals surface area contributed by atoms with Crippen molar-refractivity contribution < 1.29 is 32.3 Å². The van der Waals surface area contributed by atoms with E-state index in [4.69, 9.17) is 15.7 Å². The molecule has 0 radical (unpaired) electrons. The molecule has 0 aliphatic heterocycles. The highest BCUT2D eigenvalue weighted by Crippen LogP contribution is 2.32. The molecule has 7 nitrogen and oxygen atoms in total. The molecule has 4 rings (SSSR count). The molecule has 0 fully saturated rings. The number of carboxylic acids is 1. The Morgan fingerprint density at radius 3 is 2.46 bits per heavy atom. The van der Waals surface area contributed by atoms with Gasteiger partial charge in [-0.05, 0) is 47.0 Å². The fraction of sp³-hybridized carbons (Fsp3) is 0.115. The van der Waals surface area contributed by atoms with Crippen LogP contribution < -0.4 is 5.73 Å². The van der Waals surface area contributed by atoms with Crippen LogP contribution in [0.3, 0.4) is 0 Å². The standard InChI is InChI=1S/C26H20F4N4O3/c27-21-10-17(18(12-31)13-32-37-14-16-3-1-15(2-4-16)9-24(35)36)5-7-20(21)25-33-22-8-6-19(26(28,29)30)11-23(22)34-25/h1-8,10-13H,9,14,31H2,(H,33,34)(H,35,36)/b18-12+,32-13-. The summed E-state index contributed by atoms with van der Waals surface area (Å²) in [5.41, 5.74) is 7.50. The summed E-state index contributed by atoms with van der Waals surface area (Å²) in [4.78, 5) is 22.9. The smallest absolute Gasteiger partial charge is 0.416 e. The van der Waals surface area contributed by atoms with E-state index in [9.17, 15) is 22.4 Å². The Bertz CT molecular complexity index is 1490. The summed E-state index contributed by atoms with van der Waals surface area (Å²) in [5.74, 6) is -1.50. The van der Waals surface area contributed by atoms with Crippen molar-refractivity contribution in [2.24, 2.45) is 10.9 Å². The molecule has 11 heteroatoms. The minimum Gasteiger partial charge on any atom is -0.481 e. The minimum atomic E-state index is -4.50. The average Bonchev–Trinajstić information content (AvgIpc) is 3.27. The van der Waals surface area contributed by atoms with Crippen molar-refractivity contribution in [3.63, 3.8) is 0 Å². The molecule has 0 saturated carbocycles. The van der Waals surface area contributed by atoms with Gasteiger partial charge in [0.25, 0.3) is 0 Å². The first-order chi connectivity index (χ1) is 17.6. The van der Waals surface area contributed by atoms with Crippen LogP contribution in [-0.2, 0) is 28.8 Å². The van der Waals surface area contributed by atoms with E-state index >= 15 is 0 Å². The SMILES string of the molecule is N/C=C(\C=N/OCc1ccc(CC(=O)O)cc1)c1ccc(-c2nc3ccc(C(F)(F)F)cc3[nH]2)c(F)c1. The van der Waals surface area contributed by atoms with Crippen molar-refractivity contribution in [3.8, 4) is 11.4 Å². The monoisotopic (exact) mass is 512 g/mol. The van der Waals surface area contributed by atoms with Crippen molar-refractivity contribution in [3.05, 3.63) is 94.9 Å². The van der Waals surface area contributed by atoms with Crippen molar-refractivity contribution >= 4 is 28.8 Å². The zero-order valence-electron chi connectivity index (χ0n) is 19.1. The molecule has 4 N–H and O–H groups in total. The molecule has 1 heterocycles. The first-order valence-corrected chi connectivity index (χ1v) is 10.9. The first-order valence-electron chi connectivity index (χ1n) is 10.9. The van der Waals surface area contributed by atoms with Crippen LogP contribution in [0.15, 0.2) is 72.0 Å². The highest BCUT2D eigenvalue weighted by atomic mass is 19.4. The third-order valence-corrected chi connectivity index (χ3v) is 5.42. The number of nitrogens with one attached hydrogen (secondary N) is 1. The normalized spacial score (nSPS) is 12.4. The maximum Gasteiger partial charge on any atom is 0.416 e. The molecule has 0 saturated heterocycles. The van der Waals surface area contributed by atoms with E-state index in [-0.39, 0.29) is 35.4 Å². The third-order valence-electron chi connectivity index (χ3n) is 5.42. The topological polar surface area (TPSA) is 114 Å². The number of nitrogens with two attached hydrogens (primary N) is 1. The number of H-pyrrole nitrogens is 1. The van der Waals surface area contributed by atoms with Crippen LogP contribution in [0.2, 0.25) is 0 Å². The number of aromatic nitrogens is 2. The van der Waals surface area contributed by atoms with Crippen LogP contribution >= 0.6 is 0 Å². The summed E-state index contributed by atoms with van der Waals surface area (Å²) in [5, 5.41) is 12.7. The van der Waals surface area contributed by atoms with Gasteiger partial charge in [-0.15, -0.1) is 0 Å². The number of alkyl halides is 3. The molecule has 0 atom stereocenters. The van der Waals surface area contributed by atoms with Gasteiger partial charge in [0.2, 0.25) is 0 Å². The van der Waals surface area contributed by atoms with Gasteiger partial charge in [0.05, 0.1) is 34.8 Å². The van der Waals surface area contributed by atoms with Gasteiger partial charge in [0.15, 0.2) is 0 Å². The number of fused-ring (bicyclic) bond motifs is 1. The minimum absolute atomic E-state index is 0.0735. The first kappa shape index (κ1) is 25.4. The van der Waals surface area contributed by atoms with Gasteiger partial charge in [0.1, 0.15) is 18.2 Å². The van der Waals surface area contributed by atoms with E-state index in [0.717, 1.165) is 17.7 Å². The van der Waals surface area contributed by atoms with Gasteiger partial charge >= 0.3 is 12.1 Å². The van der Waals surface area contributed by atoms with Crippen molar-refractivity contribution in [1.82, 2.24) is 9.97 Å². The Balaban J connectivity index is 1.44. The molecule has 4 aromatic rings. The lowest BCUT2D eigenvalue weighted by molar-refractivity contribution is -0.138. The second kappa shape index (κ2) is 10.5. The third kappa shape index (κ3) is 6.13. The molecule has 37 heavy (non-hydrogen) atoms. The number of carbonyl (C=O) groups is 1. The summed E-state index contributed by atoms with van der Waals surface area (Å²) in [6.07, 6.45) is -2.04. The predicted molar refractivity (Wildman–Crippen MR) is 130 cm³/mol. The summed E-state index contributed by atoms with van der Waals surface area (Å²) in [7, 11) is 0. The maximum atomic E-state index is 14.9. The van der Waals surface area contributed by atoms with E-state index in [1.54, 1.807) is 30.3 Å². The van der Waals surface area contributed by atoms with Crippen molar-refractivity contribution in [2.75, 3.05) is 0 Å². The van der Waals surface area contributed by atoms with Crippen LogP contribution in [0, 0.1) is 5.82 Å². The lowest BCUT2D eigenvalue weighted by Crippen LogP contribution is -2.04. The number of carboxylic acid groups (broad SMARTS) is 1. The fourth-order valence-corrected chi connectivity index (χ4v) is 3.55. The number of aliphatic carboxylic acids is 1. The number of halogens is 4. The van der Waals surface area contributed by atoms with E-state index < -0.39 is 23.5 Å². The number of imidazole rings is 1. The number of benzene rings is 3. The van der Waals surface area contributed by atoms with E-state index in [1.165, 1.54) is 30.6 Å². The van der Waals surface area contributed by atoms with E-state index in [1.807, 2.05) is 0 Å². The molecule has 0 amide bonds. The molecule has 0 bridgehead atoms. The highest BCUT2D eigenvalue weighted by molar-refractivity contribution is 6.09. The molecule has 1 aromatic heterocycles. The summed E-state index contributed by atoms with van der Waals surface area (Å²) >= 11 is 0. The molecule has 0 unspecified atom stereocenters. The van der Waals surface area contributed by atoms with E-state index in [2.05, 4.69) is 15.1 Å². The maximum absolute atomic E-state index is 14.9. The Morgan fingerprint density at radius 1 is 1.08 bits per heavy atom. The Hall–Kier alpha value is -4.67. The molecule has 0 aliphatic carbocycles. The second-order valence-corrected chi connectivity index (χ2v) is 8.03. The number of hydrogen-bond acceptors (Lipinski definition) is 5. The number of hydrogen-bond donors (Lipinski definition) is 3. The summed E-state index contributed by atoms with van der Waals surface area (Å²) in [6.45, 7) is 0.122. The molecule has 0 spiro atoms. The Labute approximate surface area is 207 Å². The number of rotatable bonds is 8. The summed E-state index contributed by atoms with van der Waals surface area (Å²) in [6, 6.07) is 14.1. The fourth-order valence-electron chi connectivity index (χ4n) is 3.55. The lowest BCUT2D eigenvalue weighted by atomic mass is 10.0.